The van der Waals surface area contributed by atoms with E-state index in [-0.39, 0.29) is 17.4 Å². The molecule has 0 spiro atoms. The highest BCUT2D eigenvalue weighted by Crippen LogP contribution is 2.33. The van der Waals surface area contributed by atoms with Gasteiger partial charge in [0.05, 0.1) is 11.3 Å². The van der Waals surface area contributed by atoms with Crippen molar-refractivity contribution in [1.82, 2.24) is 4.72 Å². The molecule has 1 unspecified atom stereocenters. The summed E-state index contributed by atoms with van der Waals surface area (Å²) in [7, 11) is -3.51. The molecule has 104 valence electrons. The van der Waals surface area contributed by atoms with Gasteiger partial charge in [0.1, 0.15) is 0 Å². The molecule has 1 aromatic carbocycles. The fourth-order valence-corrected chi connectivity index (χ4v) is 3.28. The van der Waals surface area contributed by atoms with Crippen molar-refractivity contribution in [3.63, 3.8) is 0 Å². The Morgan fingerprint density at radius 2 is 1.95 bits per heavy atom. The quantitative estimate of drug-likeness (QED) is 0.826. The molecule has 1 fully saturated rings. The number of benzene rings is 1. The summed E-state index contributed by atoms with van der Waals surface area (Å²) >= 11 is 0. The van der Waals surface area contributed by atoms with Crippen LogP contribution in [0.5, 0.6) is 0 Å². The van der Waals surface area contributed by atoms with Crippen LogP contribution in [-0.2, 0) is 21.2 Å². The molecule has 2 rings (SSSR count). The first-order valence-electron chi connectivity index (χ1n) is 6.21. The van der Waals surface area contributed by atoms with Gasteiger partial charge in [-0.2, -0.15) is 0 Å². The van der Waals surface area contributed by atoms with Gasteiger partial charge in [0.25, 0.3) is 0 Å². The Kier molecular flexibility index (Phi) is 3.91. The summed E-state index contributed by atoms with van der Waals surface area (Å²) in [4.78, 5) is 10.7. The molecule has 0 bridgehead atoms. The number of rotatable bonds is 6. The van der Waals surface area contributed by atoms with E-state index >= 15 is 0 Å². The Morgan fingerprint density at radius 3 is 2.42 bits per heavy atom. The maximum absolute atomic E-state index is 12.1. The number of carboxylic acid groups (broad SMARTS) is 1. The van der Waals surface area contributed by atoms with Crippen molar-refractivity contribution in [3.05, 3.63) is 29.8 Å². The van der Waals surface area contributed by atoms with Crippen LogP contribution >= 0.6 is 0 Å². The first-order valence-corrected chi connectivity index (χ1v) is 7.70. The highest BCUT2D eigenvalue weighted by Gasteiger charge is 2.31. The number of sulfonamides is 1. The van der Waals surface area contributed by atoms with Crippen molar-refractivity contribution in [2.75, 3.05) is 0 Å². The molecule has 5 nitrogen and oxygen atoms in total. The summed E-state index contributed by atoms with van der Waals surface area (Å²) in [5, 5.41) is 8.65. The van der Waals surface area contributed by atoms with E-state index in [0.717, 1.165) is 12.8 Å². The van der Waals surface area contributed by atoms with Gasteiger partial charge in [-0.25, -0.2) is 13.1 Å². The summed E-state index contributed by atoms with van der Waals surface area (Å²) in [6.07, 6.45) is 2.04. The number of aliphatic carboxylic acids is 1. The van der Waals surface area contributed by atoms with Gasteiger partial charge in [0.2, 0.25) is 10.0 Å². The molecule has 6 heteroatoms. The first-order chi connectivity index (χ1) is 8.88. The second-order valence-electron chi connectivity index (χ2n) is 4.96. The van der Waals surface area contributed by atoms with E-state index in [2.05, 4.69) is 4.72 Å². The fourth-order valence-electron chi connectivity index (χ4n) is 1.97. The lowest BCUT2D eigenvalue weighted by atomic mass is 10.2. The Morgan fingerprint density at radius 1 is 1.37 bits per heavy atom. The van der Waals surface area contributed by atoms with Crippen molar-refractivity contribution < 1.29 is 18.3 Å². The second-order valence-corrected chi connectivity index (χ2v) is 6.68. The van der Waals surface area contributed by atoms with Crippen LogP contribution in [0, 0.1) is 5.92 Å². The summed E-state index contributed by atoms with van der Waals surface area (Å²) < 4.78 is 26.8. The lowest BCUT2D eigenvalue weighted by Gasteiger charge is -2.13. The Bertz CT molecular complexity index is 561. The van der Waals surface area contributed by atoms with E-state index in [1.807, 2.05) is 6.92 Å². The van der Waals surface area contributed by atoms with Crippen LogP contribution in [0.15, 0.2) is 29.2 Å². The minimum absolute atomic E-state index is 0.0521. The van der Waals surface area contributed by atoms with Crippen molar-refractivity contribution >= 4 is 16.0 Å². The predicted octanol–water partition coefficient (Wildman–Crippen LogP) is 1.39. The van der Waals surface area contributed by atoms with Gasteiger partial charge in [0, 0.05) is 6.04 Å². The van der Waals surface area contributed by atoms with Gasteiger partial charge in [0.15, 0.2) is 0 Å². The van der Waals surface area contributed by atoms with Crippen LogP contribution < -0.4 is 4.72 Å². The van der Waals surface area contributed by atoms with Gasteiger partial charge in [-0.15, -0.1) is 0 Å². The average molecular weight is 283 g/mol. The topological polar surface area (TPSA) is 83.5 Å². The largest absolute Gasteiger partial charge is 0.481 e. The van der Waals surface area contributed by atoms with E-state index in [9.17, 15) is 13.2 Å². The predicted molar refractivity (Wildman–Crippen MR) is 70.3 cm³/mol. The summed E-state index contributed by atoms with van der Waals surface area (Å²) in [5.74, 6) is -0.489. The lowest BCUT2D eigenvalue weighted by Crippen LogP contribution is -2.34. The zero-order chi connectivity index (χ0) is 14.0. The average Bonchev–Trinajstić information content (AvgIpc) is 3.11. The third kappa shape index (κ3) is 3.78. The summed E-state index contributed by atoms with van der Waals surface area (Å²) in [6, 6.07) is 5.90. The normalized spacial score (nSPS) is 17.1. The third-order valence-electron chi connectivity index (χ3n) is 3.26. The summed E-state index contributed by atoms with van der Waals surface area (Å²) in [6.45, 7) is 1.87. The maximum Gasteiger partial charge on any atom is 0.307 e. The number of hydrogen-bond donors (Lipinski definition) is 2. The van der Waals surface area contributed by atoms with Crippen LogP contribution in [0.4, 0.5) is 0 Å². The zero-order valence-electron chi connectivity index (χ0n) is 10.7. The van der Waals surface area contributed by atoms with E-state index < -0.39 is 16.0 Å². The molecule has 1 aliphatic carbocycles. The van der Waals surface area contributed by atoms with Crippen molar-refractivity contribution in [3.8, 4) is 0 Å². The van der Waals surface area contributed by atoms with Crippen molar-refractivity contribution in [2.45, 2.75) is 37.1 Å². The number of carboxylic acids is 1. The standard InChI is InChI=1S/C13H17NO4S/c1-9(11-4-5-11)14-19(17,18)12-6-2-10(3-7-12)8-13(15)16/h2-3,6-7,9,11,14H,4-5,8H2,1H3,(H,15,16). The van der Waals surface area contributed by atoms with E-state index in [1.54, 1.807) is 0 Å². The van der Waals surface area contributed by atoms with E-state index in [1.165, 1.54) is 24.3 Å². The molecule has 0 saturated heterocycles. The van der Waals surface area contributed by atoms with E-state index in [0.29, 0.717) is 11.5 Å². The number of hydrogen-bond acceptors (Lipinski definition) is 3. The molecule has 2 N–H and O–H groups in total. The highest BCUT2D eigenvalue weighted by atomic mass is 32.2. The van der Waals surface area contributed by atoms with Crippen LogP contribution in [0.3, 0.4) is 0 Å². The van der Waals surface area contributed by atoms with Crippen molar-refractivity contribution in [2.24, 2.45) is 5.92 Å². The fraction of sp³-hybridized carbons (Fsp3) is 0.462. The maximum atomic E-state index is 12.1. The number of nitrogens with one attached hydrogen (secondary N) is 1. The molecule has 1 aliphatic rings. The van der Waals surface area contributed by atoms with Gasteiger partial charge < -0.3 is 5.11 Å². The molecule has 0 aromatic heterocycles. The first kappa shape index (κ1) is 14.0. The lowest BCUT2D eigenvalue weighted by molar-refractivity contribution is -0.136. The van der Waals surface area contributed by atoms with Gasteiger partial charge in [-0.3, -0.25) is 4.79 Å². The second kappa shape index (κ2) is 5.30. The SMILES string of the molecule is CC(NS(=O)(=O)c1ccc(CC(=O)O)cc1)C1CC1. The smallest absolute Gasteiger partial charge is 0.307 e. The molecule has 1 atom stereocenters. The van der Waals surface area contributed by atoms with Gasteiger partial charge in [-0.1, -0.05) is 12.1 Å². The molecule has 0 amide bonds. The monoisotopic (exact) mass is 283 g/mol. The molecule has 0 radical (unpaired) electrons. The molecule has 0 heterocycles. The van der Waals surface area contributed by atoms with Gasteiger partial charge >= 0.3 is 5.97 Å². The van der Waals surface area contributed by atoms with Crippen molar-refractivity contribution in [1.29, 1.82) is 0 Å². The van der Waals surface area contributed by atoms with Crippen LogP contribution in [-0.4, -0.2) is 25.5 Å². The number of carbonyl (C=O) groups is 1. The molecule has 1 saturated carbocycles. The van der Waals surface area contributed by atoms with E-state index in [4.69, 9.17) is 5.11 Å². The Balaban J connectivity index is 2.09. The molecule has 1 aromatic rings. The third-order valence-corrected chi connectivity index (χ3v) is 4.83. The zero-order valence-corrected chi connectivity index (χ0v) is 11.5. The molecule has 0 aliphatic heterocycles. The molecule has 19 heavy (non-hydrogen) atoms. The molecular weight excluding hydrogens is 266 g/mol. The van der Waals surface area contributed by atoms with Gasteiger partial charge in [-0.05, 0) is 43.4 Å². The van der Waals surface area contributed by atoms with Crippen LogP contribution in [0.25, 0.3) is 0 Å². The minimum atomic E-state index is -3.51. The summed E-state index contributed by atoms with van der Waals surface area (Å²) in [5.41, 5.74) is 0.585. The van der Waals surface area contributed by atoms with Crippen LogP contribution in [0.1, 0.15) is 25.3 Å². The van der Waals surface area contributed by atoms with Crippen LogP contribution in [0.2, 0.25) is 0 Å². The minimum Gasteiger partial charge on any atom is -0.481 e. The molecular formula is C13H17NO4S. The highest BCUT2D eigenvalue weighted by molar-refractivity contribution is 7.89. The Hall–Kier alpha value is -1.40. The Labute approximate surface area is 112 Å².